The number of hydrogen-bond donors (Lipinski definition) is 2. The molecule has 0 spiro atoms. The summed E-state index contributed by atoms with van der Waals surface area (Å²) in [4.78, 5) is 12.3. The summed E-state index contributed by atoms with van der Waals surface area (Å²) in [5, 5.41) is 7.80. The Morgan fingerprint density at radius 3 is 3.00 bits per heavy atom. The van der Waals surface area contributed by atoms with Crippen molar-refractivity contribution in [1.29, 1.82) is 0 Å². The zero-order valence-corrected chi connectivity index (χ0v) is 9.82. The molecule has 0 fully saturated rings. The molecule has 0 radical (unpaired) electrons. The number of likely N-dealkylation sites (N-methyl/N-ethyl adjacent to an activating group) is 1. The molecular formula is C10H16N2O2S. The van der Waals surface area contributed by atoms with Crippen LogP contribution >= 0.6 is 11.3 Å². The molecular weight excluding hydrogens is 212 g/mol. The molecule has 0 aliphatic heterocycles. The second-order valence-electron chi connectivity index (χ2n) is 2.93. The van der Waals surface area contributed by atoms with Crippen molar-refractivity contribution >= 4 is 17.2 Å². The molecule has 1 aromatic rings. The second-order valence-corrected chi connectivity index (χ2v) is 3.84. The van der Waals surface area contributed by atoms with Crippen molar-refractivity contribution in [3.8, 4) is 5.75 Å². The van der Waals surface area contributed by atoms with Crippen LogP contribution in [-0.4, -0.2) is 32.7 Å². The third-order valence-corrected chi connectivity index (χ3v) is 2.79. The first-order valence-electron chi connectivity index (χ1n) is 4.90. The Kier molecular flexibility index (Phi) is 5.14. The number of methoxy groups -OCH3 is 1. The molecule has 1 amide bonds. The summed E-state index contributed by atoms with van der Waals surface area (Å²) < 4.78 is 5.07. The maximum atomic E-state index is 11.6. The fourth-order valence-electron chi connectivity index (χ4n) is 1.15. The van der Waals surface area contributed by atoms with Gasteiger partial charge in [-0.25, -0.2) is 0 Å². The summed E-state index contributed by atoms with van der Waals surface area (Å²) in [5.74, 6) is 0.570. The highest BCUT2D eigenvalue weighted by molar-refractivity contribution is 7.12. The Bertz CT molecular complexity index is 312. The molecule has 15 heavy (non-hydrogen) atoms. The van der Waals surface area contributed by atoms with Gasteiger partial charge in [0.25, 0.3) is 5.91 Å². The second kappa shape index (κ2) is 6.42. The highest BCUT2D eigenvalue weighted by Gasteiger charge is 2.12. The van der Waals surface area contributed by atoms with Crippen LogP contribution in [0.3, 0.4) is 0 Å². The van der Waals surface area contributed by atoms with E-state index in [1.807, 2.05) is 12.3 Å². The van der Waals surface area contributed by atoms with Crippen LogP contribution in [0, 0.1) is 0 Å². The first kappa shape index (κ1) is 12.0. The van der Waals surface area contributed by atoms with Crippen LogP contribution in [-0.2, 0) is 0 Å². The molecule has 1 rings (SSSR count). The van der Waals surface area contributed by atoms with Crippen LogP contribution in [0.1, 0.15) is 16.6 Å². The molecule has 0 atom stereocenters. The van der Waals surface area contributed by atoms with Crippen molar-refractivity contribution in [1.82, 2.24) is 10.6 Å². The maximum Gasteiger partial charge on any atom is 0.265 e. The molecule has 0 bridgehead atoms. The molecule has 2 N–H and O–H groups in total. The van der Waals surface area contributed by atoms with Gasteiger partial charge < -0.3 is 15.4 Å². The van der Waals surface area contributed by atoms with Crippen LogP contribution in [0.25, 0.3) is 0 Å². The number of amides is 1. The minimum Gasteiger partial charge on any atom is -0.495 e. The van der Waals surface area contributed by atoms with E-state index in [1.165, 1.54) is 11.3 Å². The van der Waals surface area contributed by atoms with Gasteiger partial charge in [0.2, 0.25) is 0 Å². The fraction of sp³-hybridized carbons (Fsp3) is 0.500. The number of hydrogen-bond acceptors (Lipinski definition) is 4. The molecule has 0 saturated carbocycles. The summed E-state index contributed by atoms with van der Waals surface area (Å²) in [6, 6.07) is 1.80. The largest absolute Gasteiger partial charge is 0.495 e. The Labute approximate surface area is 93.6 Å². The lowest BCUT2D eigenvalue weighted by Gasteiger charge is -2.05. The molecule has 0 saturated heterocycles. The van der Waals surface area contributed by atoms with Crippen molar-refractivity contribution in [2.75, 3.05) is 26.7 Å². The van der Waals surface area contributed by atoms with E-state index < -0.39 is 0 Å². The van der Waals surface area contributed by atoms with Gasteiger partial charge in [0, 0.05) is 13.1 Å². The van der Waals surface area contributed by atoms with Crippen molar-refractivity contribution in [3.05, 3.63) is 16.3 Å². The van der Waals surface area contributed by atoms with Gasteiger partial charge in [0.05, 0.1) is 7.11 Å². The first-order chi connectivity index (χ1) is 7.29. The zero-order valence-electron chi connectivity index (χ0n) is 9.00. The summed E-state index contributed by atoms with van der Waals surface area (Å²) in [5.41, 5.74) is 0. The van der Waals surface area contributed by atoms with Gasteiger partial charge >= 0.3 is 0 Å². The van der Waals surface area contributed by atoms with Gasteiger partial charge in [-0.1, -0.05) is 6.92 Å². The van der Waals surface area contributed by atoms with Gasteiger partial charge in [-0.2, -0.15) is 0 Å². The van der Waals surface area contributed by atoms with Gasteiger partial charge in [0.1, 0.15) is 10.6 Å². The van der Waals surface area contributed by atoms with E-state index in [-0.39, 0.29) is 5.91 Å². The lowest BCUT2D eigenvalue weighted by Crippen LogP contribution is -2.31. The minimum absolute atomic E-state index is 0.0697. The molecule has 5 heteroatoms. The SMILES string of the molecule is CCNCCNC(=O)c1sccc1OC. The van der Waals surface area contributed by atoms with Crippen LogP contribution in [0.2, 0.25) is 0 Å². The Balaban J connectivity index is 2.40. The van der Waals surface area contributed by atoms with Crippen LogP contribution in [0.15, 0.2) is 11.4 Å². The topological polar surface area (TPSA) is 50.4 Å². The van der Waals surface area contributed by atoms with E-state index in [4.69, 9.17) is 4.74 Å². The number of carbonyl (C=O) groups excluding carboxylic acids is 1. The van der Waals surface area contributed by atoms with Crippen molar-refractivity contribution in [2.24, 2.45) is 0 Å². The predicted molar refractivity (Wildman–Crippen MR) is 61.7 cm³/mol. The average Bonchev–Trinajstić information content (AvgIpc) is 2.72. The van der Waals surface area contributed by atoms with E-state index in [1.54, 1.807) is 13.2 Å². The van der Waals surface area contributed by atoms with E-state index >= 15 is 0 Å². The zero-order chi connectivity index (χ0) is 11.1. The van der Waals surface area contributed by atoms with E-state index in [0.717, 1.165) is 13.1 Å². The van der Waals surface area contributed by atoms with Crippen LogP contribution in [0.4, 0.5) is 0 Å². The summed E-state index contributed by atoms with van der Waals surface area (Å²) in [7, 11) is 1.57. The van der Waals surface area contributed by atoms with Crippen molar-refractivity contribution < 1.29 is 9.53 Å². The number of carbonyl (C=O) groups is 1. The molecule has 4 nitrogen and oxygen atoms in total. The van der Waals surface area contributed by atoms with E-state index in [0.29, 0.717) is 17.2 Å². The Morgan fingerprint density at radius 2 is 2.33 bits per heavy atom. The molecule has 0 unspecified atom stereocenters. The molecule has 1 aromatic heterocycles. The van der Waals surface area contributed by atoms with Crippen molar-refractivity contribution in [2.45, 2.75) is 6.92 Å². The molecule has 0 aliphatic rings. The first-order valence-corrected chi connectivity index (χ1v) is 5.78. The molecule has 0 aromatic carbocycles. The highest BCUT2D eigenvalue weighted by atomic mass is 32.1. The third-order valence-electron chi connectivity index (χ3n) is 1.89. The fourth-order valence-corrected chi connectivity index (χ4v) is 1.92. The molecule has 1 heterocycles. The van der Waals surface area contributed by atoms with Gasteiger partial charge in [-0.3, -0.25) is 4.79 Å². The normalized spacial score (nSPS) is 10.0. The Morgan fingerprint density at radius 1 is 1.53 bits per heavy atom. The van der Waals surface area contributed by atoms with Crippen LogP contribution in [0.5, 0.6) is 5.75 Å². The lowest BCUT2D eigenvalue weighted by molar-refractivity contribution is 0.0955. The highest BCUT2D eigenvalue weighted by Crippen LogP contribution is 2.23. The van der Waals surface area contributed by atoms with E-state index in [2.05, 4.69) is 10.6 Å². The van der Waals surface area contributed by atoms with E-state index in [9.17, 15) is 4.79 Å². The number of thiophene rings is 1. The van der Waals surface area contributed by atoms with Gasteiger partial charge in [-0.15, -0.1) is 11.3 Å². The monoisotopic (exact) mass is 228 g/mol. The quantitative estimate of drug-likeness (QED) is 0.717. The minimum atomic E-state index is -0.0697. The predicted octanol–water partition coefficient (Wildman–Crippen LogP) is 1.10. The molecule has 84 valence electrons. The number of nitrogens with one attached hydrogen (secondary N) is 2. The Hall–Kier alpha value is -1.07. The smallest absolute Gasteiger partial charge is 0.265 e. The summed E-state index contributed by atoms with van der Waals surface area (Å²) >= 11 is 1.39. The summed E-state index contributed by atoms with van der Waals surface area (Å²) in [6.07, 6.45) is 0. The standard InChI is InChI=1S/C10H16N2O2S/c1-3-11-5-6-12-10(13)9-8(14-2)4-7-15-9/h4,7,11H,3,5-6H2,1-2H3,(H,12,13). The number of ether oxygens (including phenoxy) is 1. The molecule has 0 aliphatic carbocycles. The lowest BCUT2D eigenvalue weighted by atomic mass is 10.4. The number of rotatable bonds is 6. The van der Waals surface area contributed by atoms with Gasteiger partial charge in [-0.05, 0) is 18.0 Å². The third kappa shape index (κ3) is 3.53. The van der Waals surface area contributed by atoms with Gasteiger partial charge in [0.15, 0.2) is 0 Å². The van der Waals surface area contributed by atoms with Crippen LogP contribution < -0.4 is 15.4 Å². The summed E-state index contributed by atoms with van der Waals surface area (Å²) in [6.45, 7) is 4.37. The average molecular weight is 228 g/mol. The van der Waals surface area contributed by atoms with Crippen molar-refractivity contribution in [3.63, 3.8) is 0 Å². The maximum absolute atomic E-state index is 11.6.